The van der Waals surface area contributed by atoms with E-state index in [1.807, 2.05) is 0 Å². The first-order valence-corrected chi connectivity index (χ1v) is 9.13. The van der Waals surface area contributed by atoms with Gasteiger partial charge in [-0.15, -0.1) is 0 Å². The Hall–Kier alpha value is -1.28. The molecule has 1 fully saturated rings. The third kappa shape index (κ3) is 2.34. The molecular formula is C21H28O2. The highest BCUT2D eigenvalue weighted by Crippen LogP contribution is 2.58. The number of aliphatic hydroxyl groups excluding tert-OH is 1. The van der Waals surface area contributed by atoms with Crippen molar-refractivity contribution < 1.29 is 9.84 Å². The molecule has 3 aliphatic rings. The summed E-state index contributed by atoms with van der Waals surface area (Å²) in [6, 6.07) is 6.66. The molecule has 0 saturated heterocycles. The van der Waals surface area contributed by atoms with E-state index in [2.05, 4.69) is 37.3 Å². The second-order valence-corrected chi connectivity index (χ2v) is 7.98. The summed E-state index contributed by atoms with van der Waals surface area (Å²) >= 11 is 0. The second kappa shape index (κ2) is 5.66. The van der Waals surface area contributed by atoms with Gasteiger partial charge in [0.05, 0.1) is 13.2 Å². The van der Waals surface area contributed by atoms with E-state index < -0.39 is 0 Å². The van der Waals surface area contributed by atoms with Gasteiger partial charge in [0, 0.05) is 0 Å². The summed E-state index contributed by atoms with van der Waals surface area (Å²) < 4.78 is 5.41. The van der Waals surface area contributed by atoms with Crippen molar-refractivity contribution in [1.82, 2.24) is 0 Å². The Labute approximate surface area is 139 Å². The predicted octanol–water partition coefficient (Wildman–Crippen LogP) is 4.47. The van der Waals surface area contributed by atoms with Crippen LogP contribution in [0.3, 0.4) is 0 Å². The molecule has 1 aromatic rings. The summed E-state index contributed by atoms with van der Waals surface area (Å²) in [7, 11) is 1.75. The molecule has 1 saturated carbocycles. The van der Waals surface area contributed by atoms with E-state index in [-0.39, 0.29) is 11.5 Å². The molecule has 0 spiro atoms. The molecule has 2 nitrogen and oxygen atoms in total. The van der Waals surface area contributed by atoms with Crippen LogP contribution in [0.2, 0.25) is 0 Å². The number of rotatable bonds is 1. The van der Waals surface area contributed by atoms with Crippen molar-refractivity contribution in [3.8, 4) is 5.75 Å². The number of aliphatic hydroxyl groups is 1. The van der Waals surface area contributed by atoms with Gasteiger partial charge in [0.1, 0.15) is 5.75 Å². The average Bonchev–Trinajstić information content (AvgIpc) is 2.73. The molecule has 0 amide bonds. The summed E-state index contributed by atoms with van der Waals surface area (Å²) in [4.78, 5) is 0. The molecule has 0 aliphatic heterocycles. The smallest absolute Gasteiger partial charge is 0.119 e. The number of hydrogen-bond donors (Lipinski definition) is 1. The third-order valence-electron chi connectivity index (χ3n) is 7.05. The summed E-state index contributed by atoms with van der Waals surface area (Å²) in [5, 5.41) is 10.7. The lowest BCUT2D eigenvalue weighted by Crippen LogP contribution is -2.48. The maximum absolute atomic E-state index is 10.7. The Morgan fingerprint density at radius 3 is 2.83 bits per heavy atom. The minimum atomic E-state index is -0.176. The lowest BCUT2D eigenvalue weighted by Gasteiger charge is -2.53. The molecule has 2 heteroatoms. The Morgan fingerprint density at radius 1 is 1.17 bits per heavy atom. The monoisotopic (exact) mass is 312 g/mol. The molecule has 1 N–H and O–H groups in total. The lowest BCUT2D eigenvalue weighted by atomic mass is 9.52. The molecule has 1 aromatic carbocycles. The Bertz CT molecular complexity index is 620. The molecule has 0 bridgehead atoms. The van der Waals surface area contributed by atoms with Crippen LogP contribution in [0, 0.1) is 17.3 Å². The van der Waals surface area contributed by atoms with Crippen LogP contribution in [0.15, 0.2) is 30.4 Å². The van der Waals surface area contributed by atoms with Gasteiger partial charge in [-0.1, -0.05) is 25.1 Å². The highest BCUT2D eigenvalue weighted by Gasteiger charge is 2.50. The molecule has 5 atom stereocenters. The van der Waals surface area contributed by atoms with Crippen molar-refractivity contribution in [3.63, 3.8) is 0 Å². The van der Waals surface area contributed by atoms with E-state index in [0.717, 1.165) is 31.4 Å². The van der Waals surface area contributed by atoms with Crippen LogP contribution in [-0.2, 0) is 6.42 Å². The fourth-order valence-corrected chi connectivity index (χ4v) is 5.63. The van der Waals surface area contributed by atoms with Crippen molar-refractivity contribution >= 4 is 0 Å². The number of methoxy groups -OCH3 is 1. The van der Waals surface area contributed by atoms with E-state index in [0.29, 0.717) is 17.8 Å². The summed E-state index contributed by atoms with van der Waals surface area (Å²) in [6.45, 7) is 2.34. The van der Waals surface area contributed by atoms with Crippen LogP contribution < -0.4 is 4.74 Å². The first-order valence-electron chi connectivity index (χ1n) is 9.13. The van der Waals surface area contributed by atoms with Crippen molar-refractivity contribution in [2.75, 3.05) is 7.11 Å². The van der Waals surface area contributed by atoms with Gasteiger partial charge in [0.25, 0.3) is 0 Å². The number of aryl methyl sites for hydroxylation is 1. The first kappa shape index (κ1) is 15.3. The van der Waals surface area contributed by atoms with E-state index in [9.17, 15) is 5.11 Å². The van der Waals surface area contributed by atoms with Crippen LogP contribution in [0.4, 0.5) is 0 Å². The minimum absolute atomic E-state index is 0.0919. The Morgan fingerprint density at radius 2 is 2.00 bits per heavy atom. The largest absolute Gasteiger partial charge is 0.497 e. The molecular weight excluding hydrogens is 284 g/mol. The SMILES string of the molecule is COc1ccc2c(c1)CC[C@@H]1[C@@H]2CC[C@]2(C)[C@H](O)CC=CC[C@@H]12. The average molecular weight is 312 g/mol. The molecule has 23 heavy (non-hydrogen) atoms. The van der Waals surface area contributed by atoms with Gasteiger partial charge < -0.3 is 9.84 Å². The van der Waals surface area contributed by atoms with E-state index in [1.165, 1.54) is 18.4 Å². The van der Waals surface area contributed by atoms with Gasteiger partial charge in [-0.2, -0.15) is 0 Å². The maximum Gasteiger partial charge on any atom is 0.119 e. The van der Waals surface area contributed by atoms with E-state index in [4.69, 9.17) is 4.74 Å². The highest BCUT2D eigenvalue weighted by atomic mass is 16.5. The fraction of sp³-hybridized carbons (Fsp3) is 0.619. The summed E-state index contributed by atoms with van der Waals surface area (Å²) in [6.07, 6.45) is 11.1. The van der Waals surface area contributed by atoms with Gasteiger partial charge in [0.15, 0.2) is 0 Å². The zero-order valence-electron chi connectivity index (χ0n) is 14.3. The number of benzene rings is 1. The first-order chi connectivity index (χ1) is 11.1. The van der Waals surface area contributed by atoms with Crippen LogP contribution in [0.1, 0.15) is 56.1 Å². The van der Waals surface area contributed by atoms with Crippen LogP contribution in [0.25, 0.3) is 0 Å². The summed E-state index contributed by atoms with van der Waals surface area (Å²) in [5.41, 5.74) is 3.12. The van der Waals surface area contributed by atoms with Crippen LogP contribution >= 0.6 is 0 Å². The topological polar surface area (TPSA) is 29.5 Å². The highest BCUT2D eigenvalue weighted by molar-refractivity contribution is 5.40. The van der Waals surface area contributed by atoms with E-state index in [1.54, 1.807) is 12.7 Å². The van der Waals surface area contributed by atoms with Gasteiger partial charge in [-0.3, -0.25) is 0 Å². The van der Waals surface area contributed by atoms with Crippen molar-refractivity contribution in [2.45, 2.75) is 57.5 Å². The molecule has 3 aliphatic carbocycles. The van der Waals surface area contributed by atoms with Gasteiger partial charge >= 0.3 is 0 Å². The van der Waals surface area contributed by atoms with Gasteiger partial charge in [0.2, 0.25) is 0 Å². The zero-order chi connectivity index (χ0) is 16.0. The van der Waals surface area contributed by atoms with Crippen molar-refractivity contribution in [3.05, 3.63) is 41.5 Å². The number of fused-ring (bicyclic) bond motifs is 5. The van der Waals surface area contributed by atoms with Crippen LogP contribution in [0.5, 0.6) is 5.75 Å². The molecule has 4 rings (SSSR count). The molecule has 0 aromatic heterocycles. The van der Waals surface area contributed by atoms with Crippen LogP contribution in [-0.4, -0.2) is 18.3 Å². The van der Waals surface area contributed by atoms with Crippen molar-refractivity contribution in [2.24, 2.45) is 17.3 Å². The molecule has 0 radical (unpaired) electrons. The molecule has 0 heterocycles. The molecule has 0 unspecified atom stereocenters. The third-order valence-corrected chi connectivity index (χ3v) is 7.05. The van der Waals surface area contributed by atoms with Crippen molar-refractivity contribution in [1.29, 1.82) is 0 Å². The Balaban J connectivity index is 1.69. The summed E-state index contributed by atoms with van der Waals surface area (Å²) in [5.74, 6) is 2.98. The fourth-order valence-electron chi connectivity index (χ4n) is 5.63. The van der Waals surface area contributed by atoms with Gasteiger partial charge in [-0.05, 0) is 85.0 Å². The normalized spacial score (nSPS) is 38.9. The predicted molar refractivity (Wildman–Crippen MR) is 92.8 cm³/mol. The maximum atomic E-state index is 10.7. The lowest BCUT2D eigenvalue weighted by molar-refractivity contribution is -0.0627. The second-order valence-electron chi connectivity index (χ2n) is 7.98. The number of hydrogen-bond acceptors (Lipinski definition) is 2. The quantitative estimate of drug-likeness (QED) is 0.775. The number of allylic oxidation sites excluding steroid dienone is 1. The standard InChI is InChI=1S/C21H28O2/c1-21-12-11-17-16-10-8-15(23-2)13-14(16)7-9-18(17)19(21)5-3-4-6-20(21)22/h3-4,8,10,13,17-20,22H,5-7,9,11-12H2,1-2H3/t17-,18-,19+,20-,21+/m1/s1. The zero-order valence-corrected chi connectivity index (χ0v) is 14.3. The molecule has 124 valence electrons. The Kier molecular flexibility index (Phi) is 3.76. The minimum Gasteiger partial charge on any atom is -0.497 e. The van der Waals surface area contributed by atoms with Gasteiger partial charge in [-0.25, -0.2) is 0 Å². The number of ether oxygens (including phenoxy) is 1. The van der Waals surface area contributed by atoms with E-state index >= 15 is 0 Å².